The van der Waals surface area contributed by atoms with Gasteiger partial charge in [-0.2, -0.15) is 10.2 Å². The van der Waals surface area contributed by atoms with E-state index in [-0.39, 0.29) is 49.3 Å². The fraction of sp³-hybridized carbons (Fsp3) is 0.521. The summed E-state index contributed by atoms with van der Waals surface area (Å²) in [5.41, 5.74) is 11.2. The van der Waals surface area contributed by atoms with Crippen LogP contribution in [0.2, 0.25) is 0 Å². The van der Waals surface area contributed by atoms with Gasteiger partial charge in [-0.3, -0.25) is 29.4 Å². The topological polar surface area (TPSA) is 245 Å². The second-order valence-corrected chi connectivity index (χ2v) is 19.7. The summed E-state index contributed by atoms with van der Waals surface area (Å²) < 4.78 is 30.9. The van der Waals surface area contributed by atoms with E-state index in [9.17, 15) is 19.2 Å². The fourth-order valence-electron chi connectivity index (χ4n) is 10.7. The molecule has 6 aromatic rings. The number of fused-ring (bicyclic) bond motifs is 2. The second kappa shape index (κ2) is 18.5. The largest absolute Gasteiger partial charge is 0.439 e. The van der Waals surface area contributed by atoms with Crippen LogP contribution in [0.3, 0.4) is 0 Å². The van der Waals surface area contributed by atoms with E-state index in [0.29, 0.717) is 114 Å². The number of piperidine rings is 1. The lowest BCUT2D eigenvalue weighted by Crippen LogP contribution is -2.50. The minimum atomic E-state index is -0.563. The van der Waals surface area contributed by atoms with Crippen molar-refractivity contribution < 1.29 is 32.8 Å². The number of nitrogen functional groups attached to an aromatic ring is 1. The van der Waals surface area contributed by atoms with E-state index in [1.165, 1.54) is 15.9 Å². The molecule has 372 valence electrons. The first kappa shape index (κ1) is 46.1. The Balaban J connectivity index is 0.652. The molecule has 5 aliphatic rings. The molecule has 5 aromatic heterocycles. The number of nitrogens with one attached hydrogen (secondary N) is 1. The summed E-state index contributed by atoms with van der Waals surface area (Å²) in [6.07, 6.45) is 7.22. The summed E-state index contributed by atoms with van der Waals surface area (Å²) in [6.45, 7) is 11.6. The van der Waals surface area contributed by atoms with E-state index in [2.05, 4.69) is 30.4 Å². The Morgan fingerprint density at radius 2 is 1.70 bits per heavy atom. The van der Waals surface area contributed by atoms with Gasteiger partial charge < -0.3 is 29.7 Å². The molecule has 5 amide bonds. The quantitative estimate of drug-likeness (QED) is 0.178. The van der Waals surface area contributed by atoms with Crippen LogP contribution in [0.4, 0.5) is 31.3 Å². The number of benzene rings is 1. The summed E-state index contributed by atoms with van der Waals surface area (Å²) in [5.74, 6) is 1.47. The van der Waals surface area contributed by atoms with Crippen LogP contribution in [0.25, 0.3) is 44.7 Å². The van der Waals surface area contributed by atoms with Crippen molar-refractivity contribution in [1.82, 2.24) is 64.7 Å². The van der Waals surface area contributed by atoms with Crippen LogP contribution in [-0.4, -0.2) is 155 Å². The number of urea groups is 1. The minimum absolute atomic E-state index is 0.00253. The highest BCUT2D eigenvalue weighted by Crippen LogP contribution is 2.48. The van der Waals surface area contributed by atoms with Crippen LogP contribution in [-0.2, 0) is 21.4 Å². The molecule has 23 heteroatoms. The Morgan fingerprint density at radius 3 is 2.44 bits per heavy atom. The molecule has 1 aromatic carbocycles. The van der Waals surface area contributed by atoms with Gasteiger partial charge in [0.15, 0.2) is 35.5 Å². The molecule has 0 bridgehead atoms. The van der Waals surface area contributed by atoms with E-state index in [4.69, 9.17) is 30.1 Å². The van der Waals surface area contributed by atoms with Crippen LogP contribution in [0.5, 0.6) is 0 Å². The van der Waals surface area contributed by atoms with Crippen molar-refractivity contribution in [1.29, 1.82) is 0 Å². The molecule has 1 aliphatic carbocycles. The molecule has 0 unspecified atom stereocenters. The zero-order valence-corrected chi connectivity index (χ0v) is 40.3. The number of rotatable bonds is 11. The number of imide groups is 1. The van der Waals surface area contributed by atoms with E-state index < -0.39 is 17.9 Å². The molecular weight excluding hydrogens is 916 g/mol. The van der Waals surface area contributed by atoms with E-state index in [1.807, 2.05) is 31.9 Å². The molecule has 1 saturated carbocycles. The van der Waals surface area contributed by atoms with Gasteiger partial charge in [0, 0.05) is 114 Å². The number of hydrogen-bond acceptors (Lipinski definition) is 16. The van der Waals surface area contributed by atoms with E-state index in [1.54, 1.807) is 33.7 Å². The first-order valence-electron chi connectivity index (χ1n) is 24.6. The number of aryl methyl sites for hydroxylation is 2. The van der Waals surface area contributed by atoms with Crippen molar-refractivity contribution in [2.75, 3.05) is 87.6 Å². The van der Waals surface area contributed by atoms with Crippen LogP contribution in [0, 0.1) is 18.7 Å². The zero-order chi connectivity index (χ0) is 49.2. The Hall–Kier alpha value is -7.30. The van der Waals surface area contributed by atoms with Gasteiger partial charge in [-0.05, 0) is 76.5 Å². The number of hydrogen-bond donors (Lipinski definition) is 2. The van der Waals surface area contributed by atoms with Crippen molar-refractivity contribution in [3.63, 3.8) is 0 Å². The van der Waals surface area contributed by atoms with Gasteiger partial charge in [0.2, 0.25) is 5.91 Å². The van der Waals surface area contributed by atoms with Gasteiger partial charge in [-0.15, -0.1) is 0 Å². The average Bonchev–Trinajstić information content (AvgIpc) is 3.64. The molecule has 0 spiro atoms. The van der Waals surface area contributed by atoms with Crippen molar-refractivity contribution in [3.05, 3.63) is 47.5 Å². The average molecular weight is 973 g/mol. The standard InChI is InChI=1S/C48H57FN16O6/c1-26(2)65-46-37(43(50)52-25-53-46)39(56-65)40-36(42(71-58-40)29-5-6-29)44-51-21-32(27(3)54-44)30-11-15-63(23-30)48(69)70-24-35(67)62-13-9-28(10-14-62)22-60-17-19-61(20-18-60)33-8-7-31-41(38(33)49)59(4)57-45(31)64-16-12-34(66)55-47(64)68/h7-8,21,25-26,28-30H,5-6,9-20,22-24H2,1-4H3,(H2,50,52,53)(H,55,66,68)/t30-/m1/s1. The van der Waals surface area contributed by atoms with Gasteiger partial charge in [0.25, 0.3) is 5.91 Å². The normalized spacial score (nSPS) is 19.5. The molecule has 4 saturated heterocycles. The summed E-state index contributed by atoms with van der Waals surface area (Å²) >= 11 is 0. The number of piperazine rings is 1. The lowest BCUT2D eigenvalue weighted by Gasteiger charge is -2.39. The minimum Gasteiger partial charge on any atom is -0.439 e. The van der Waals surface area contributed by atoms with Gasteiger partial charge in [0.05, 0.1) is 16.6 Å². The molecule has 3 N–H and O–H groups in total. The highest BCUT2D eigenvalue weighted by Gasteiger charge is 2.38. The maximum absolute atomic E-state index is 16.1. The monoisotopic (exact) mass is 972 g/mol. The zero-order valence-electron chi connectivity index (χ0n) is 40.3. The van der Waals surface area contributed by atoms with Gasteiger partial charge in [0.1, 0.15) is 29.0 Å². The first-order valence-corrected chi connectivity index (χ1v) is 24.6. The number of nitrogens with two attached hydrogens (primary N) is 1. The molecule has 4 aliphatic heterocycles. The number of likely N-dealkylation sites (tertiary alicyclic amines) is 2. The van der Waals surface area contributed by atoms with Gasteiger partial charge in [-0.1, -0.05) is 5.16 Å². The van der Waals surface area contributed by atoms with Gasteiger partial charge >= 0.3 is 12.1 Å². The number of amides is 5. The number of anilines is 3. The van der Waals surface area contributed by atoms with Crippen molar-refractivity contribution in [2.45, 2.75) is 77.2 Å². The number of carbonyl (C=O) groups excluding carboxylic acids is 4. The first-order chi connectivity index (χ1) is 34.3. The molecule has 9 heterocycles. The highest BCUT2D eigenvalue weighted by atomic mass is 19.1. The van der Waals surface area contributed by atoms with Crippen LogP contribution >= 0.6 is 0 Å². The molecule has 11 rings (SSSR count). The number of aromatic nitrogens is 9. The highest BCUT2D eigenvalue weighted by molar-refractivity contribution is 6.09. The number of nitrogens with zero attached hydrogens (tertiary/aromatic N) is 14. The lowest BCUT2D eigenvalue weighted by molar-refractivity contribution is -0.136. The van der Waals surface area contributed by atoms with Crippen LogP contribution in [0.15, 0.2) is 29.2 Å². The third-order valence-corrected chi connectivity index (χ3v) is 14.8. The smallest absolute Gasteiger partial charge is 0.410 e. The number of carbonyl (C=O) groups is 4. The fourth-order valence-corrected chi connectivity index (χ4v) is 10.7. The molecule has 1 atom stereocenters. The summed E-state index contributed by atoms with van der Waals surface area (Å²) in [4.78, 5) is 78.6. The third kappa shape index (κ3) is 8.62. The Kier molecular flexibility index (Phi) is 12.0. The molecule has 22 nitrogen and oxygen atoms in total. The summed E-state index contributed by atoms with van der Waals surface area (Å²) in [7, 11) is 1.65. The van der Waals surface area contributed by atoms with Crippen molar-refractivity contribution in [2.24, 2.45) is 13.0 Å². The third-order valence-electron chi connectivity index (χ3n) is 14.8. The maximum Gasteiger partial charge on any atom is 0.410 e. The second-order valence-electron chi connectivity index (χ2n) is 19.7. The predicted octanol–water partition coefficient (Wildman–Crippen LogP) is 4.75. The molecule has 5 fully saturated rings. The number of halogens is 1. The molecule has 71 heavy (non-hydrogen) atoms. The Bertz CT molecular complexity index is 3080. The maximum atomic E-state index is 16.1. The van der Waals surface area contributed by atoms with E-state index in [0.717, 1.165) is 62.3 Å². The van der Waals surface area contributed by atoms with Crippen molar-refractivity contribution >= 4 is 63.2 Å². The SMILES string of the molecule is Cc1nc(-c2c(-c3nn(C(C)C)c4ncnc(N)c34)noc2C2CC2)ncc1[C@@H]1CCN(C(=O)OCC(=O)N2CCC(CN3CCN(c4ccc5c(N6CCC(=O)NC6=O)nn(C)c5c4F)CC3)CC2)C1. The summed E-state index contributed by atoms with van der Waals surface area (Å²) in [6, 6.07) is 2.98. The Morgan fingerprint density at radius 1 is 0.930 bits per heavy atom. The lowest BCUT2D eigenvalue weighted by atomic mass is 9.96. The summed E-state index contributed by atoms with van der Waals surface area (Å²) in [5, 5.41) is 17.3. The molecule has 0 radical (unpaired) electrons. The van der Waals surface area contributed by atoms with Crippen LogP contribution < -0.4 is 20.9 Å². The van der Waals surface area contributed by atoms with Crippen molar-refractivity contribution in [3.8, 4) is 22.8 Å². The van der Waals surface area contributed by atoms with Gasteiger partial charge in [-0.25, -0.2) is 38.6 Å². The predicted molar refractivity (Wildman–Crippen MR) is 258 cm³/mol. The molecular formula is C48H57FN16O6. The Labute approximate surface area is 407 Å². The van der Waals surface area contributed by atoms with Crippen LogP contribution in [0.1, 0.15) is 87.3 Å². The number of ether oxygens (including phenoxy) is 1. The van der Waals surface area contributed by atoms with E-state index >= 15 is 4.39 Å².